The number of ether oxygens (including phenoxy) is 4. The molecule has 0 bridgehead atoms. The van der Waals surface area contributed by atoms with Gasteiger partial charge in [0, 0.05) is 35.7 Å². The molecular weight excluding hydrogens is 358 g/mol. The van der Waals surface area contributed by atoms with Gasteiger partial charge in [-0.15, -0.1) is 0 Å². The molecule has 2 aromatic carbocycles. The highest BCUT2D eigenvalue weighted by Crippen LogP contribution is 2.35. The van der Waals surface area contributed by atoms with Crippen molar-refractivity contribution < 1.29 is 23.7 Å². The molecule has 0 aliphatic carbocycles. The Morgan fingerprint density at radius 1 is 1.14 bits per heavy atom. The summed E-state index contributed by atoms with van der Waals surface area (Å²) in [6.45, 7) is 4.94. The number of rotatable bonds is 8. The Morgan fingerprint density at radius 3 is 2.68 bits per heavy atom. The molecule has 28 heavy (non-hydrogen) atoms. The molecule has 0 unspecified atom stereocenters. The predicted molar refractivity (Wildman–Crippen MR) is 107 cm³/mol. The fraction of sp³-hybridized carbons (Fsp3) is 0.409. The third-order valence-electron chi connectivity index (χ3n) is 4.70. The monoisotopic (exact) mass is 385 g/mol. The minimum Gasteiger partial charge on any atom is -0.497 e. The van der Waals surface area contributed by atoms with E-state index >= 15 is 0 Å². The van der Waals surface area contributed by atoms with Crippen molar-refractivity contribution in [1.82, 2.24) is 5.32 Å². The van der Waals surface area contributed by atoms with Crippen LogP contribution in [-0.4, -0.2) is 32.8 Å². The van der Waals surface area contributed by atoms with Crippen molar-refractivity contribution >= 4 is 5.91 Å². The molecule has 3 rings (SSSR count). The lowest BCUT2D eigenvalue weighted by Gasteiger charge is -2.14. The Morgan fingerprint density at radius 2 is 1.96 bits per heavy atom. The normalized spacial score (nSPS) is 14.8. The summed E-state index contributed by atoms with van der Waals surface area (Å²) >= 11 is 0. The summed E-state index contributed by atoms with van der Waals surface area (Å²) in [6.07, 6.45) is 1.26. The van der Waals surface area contributed by atoms with E-state index in [4.69, 9.17) is 18.9 Å². The number of benzene rings is 2. The fourth-order valence-corrected chi connectivity index (χ4v) is 3.34. The Balaban J connectivity index is 1.69. The van der Waals surface area contributed by atoms with Crippen LogP contribution in [0.5, 0.6) is 23.0 Å². The predicted octanol–water partition coefficient (Wildman–Crippen LogP) is 3.28. The van der Waals surface area contributed by atoms with Gasteiger partial charge >= 0.3 is 0 Å². The van der Waals surface area contributed by atoms with E-state index in [1.165, 1.54) is 0 Å². The maximum atomic E-state index is 12.5. The second-order valence-electron chi connectivity index (χ2n) is 6.76. The zero-order valence-electron chi connectivity index (χ0n) is 16.8. The molecule has 1 aliphatic heterocycles. The SMILES string of the molecule is CCOc1cc2c(cc1CNC(=O)Cc1ccc(OC)cc1OC)O[C@H](C)C2. The van der Waals surface area contributed by atoms with Gasteiger partial charge in [0.15, 0.2) is 0 Å². The summed E-state index contributed by atoms with van der Waals surface area (Å²) in [5.41, 5.74) is 2.86. The molecule has 150 valence electrons. The van der Waals surface area contributed by atoms with Crippen molar-refractivity contribution in [2.24, 2.45) is 0 Å². The molecule has 1 aliphatic rings. The van der Waals surface area contributed by atoms with Crippen LogP contribution < -0.4 is 24.3 Å². The van der Waals surface area contributed by atoms with Gasteiger partial charge in [0.25, 0.3) is 0 Å². The van der Waals surface area contributed by atoms with E-state index in [1.807, 2.05) is 38.1 Å². The van der Waals surface area contributed by atoms with Crippen LogP contribution >= 0.6 is 0 Å². The number of methoxy groups -OCH3 is 2. The van der Waals surface area contributed by atoms with Crippen molar-refractivity contribution in [2.45, 2.75) is 39.3 Å². The minimum absolute atomic E-state index is 0.0966. The molecule has 0 fully saturated rings. The van der Waals surface area contributed by atoms with E-state index in [9.17, 15) is 4.79 Å². The van der Waals surface area contributed by atoms with Crippen LogP contribution in [0.4, 0.5) is 0 Å². The highest BCUT2D eigenvalue weighted by molar-refractivity contribution is 5.79. The van der Waals surface area contributed by atoms with Crippen molar-refractivity contribution in [3.63, 3.8) is 0 Å². The molecule has 0 aromatic heterocycles. The third-order valence-corrected chi connectivity index (χ3v) is 4.70. The number of carbonyl (C=O) groups excluding carboxylic acids is 1. The molecule has 0 saturated carbocycles. The lowest BCUT2D eigenvalue weighted by molar-refractivity contribution is -0.120. The molecule has 0 saturated heterocycles. The van der Waals surface area contributed by atoms with E-state index < -0.39 is 0 Å². The number of hydrogen-bond acceptors (Lipinski definition) is 5. The standard InChI is InChI=1S/C22H27NO5/c1-5-27-20-9-16-8-14(2)28-21(16)10-17(20)13-23-22(24)11-15-6-7-18(25-3)12-19(15)26-4/h6-7,9-10,12,14H,5,8,11,13H2,1-4H3,(H,23,24)/t14-/m1/s1. The third kappa shape index (κ3) is 4.50. The van der Waals surface area contributed by atoms with Gasteiger partial charge < -0.3 is 24.3 Å². The van der Waals surface area contributed by atoms with Gasteiger partial charge in [-0.05, 0) is 32.0 Å². The first-order valence-corrected chi connectivity index (χ1v) is 9.46. The Labute approximate surface area is 165 Å². The van der Waals surface area contributed by atoms with Crippen molar-refractivity contribution in [1.29, 1.82) is 0 Å². The molecule has 0 radical (unpaired) electrons. The van der Waals surface area contributed by atoms with Crippen LogP contribution in [0.15, 0.2) is 30.3 Å². The summed E-state index contributed by atoms with van der Waals surface area (Å²) in [6, 6.07) is 9.42. The van der Waals surface area contributed by atoms with E-state index in [0.717, 1.165) is 34.6 Å². The van der Waals surface area contributed by atoms with Crippen LogP contribution in [-0.2, 0) is 24.2 Å². The van der Waals surface area contributed by atoms with Gasteiger partial charge in [-0.3, -0.25) is 4.79 Å². The van der Waals surface area contributed by atoms with E-state index in [0.29, 0.717) is 24.7 Å². The van der Waals surface area contributed by atoms with Crippen molar-refractivity contribution in [2.75, 3.05) is 20.8 Å². The molecule has 1 N–H and O–H groups in total. The van der Waals surface area contributed by atoms with E-state index in [-0.39, 0.29) is 18.4 Å². The molecule has 6 nitrogen and oxygen atoms in total. The summed E-state index contributed by atoms with van der Waals surface area (Å²) in [7, 11) is 3.17. The molecular formula is C22H27NO5. The number of carbonyl (C=O) groups is 1. The van der Waals surface area contributed by atoms with Crippen LogP contribution in [0.2, 0.25) is 0 Å². The van der Waals surface area contributed by atoms with Crippen LogP contribution in [0.3, 0.4) is 0 Å². The quantitative estimate of drug-likeness (QED) is 0.755. The smallest absolute Gasteiger partial charge is 0.224 e. The van der Waals surface area contributed by atoms with Gasteiger partial charge in [-0.2, -0.15) is 0 Å². The number of amides is 1. The molecule has 2 aromatic rings. The largest absolute Gasteiger partial charge is 0.497 e. The molecule has 1 amide bonds. The van der Waals surface area contributed by atoms with Gasteiger partial charge in [0.1, 0.15) is 29.1 Å². The number of nitrogens with one attached hydrogen (secondary N) is 1. The van der Waals surface area contributed by atoms with E-state index in [1.54, 1.807) is 20.3 Å². The van der Waals surface area contributed by atoms with Gasteiger partial charge in [0.2, 0.25) is 5.91 Å². The zero-order valence-corrected chi connectivity index (χ0v) is 16.8. The first kappa shape index (κ1) is 19.9. The van der Waals surface area contributed by atoms with Crippen LogP contribution in [0.1, 0.15) is 30.5 Å². The van der Waals surface area contributed by atoms with Gasteiger partial charge in [-0.25, -0.2) is 0 Å². The lowest BCUT2D eigenvalue weighted by atomic mass is 10.1. The maximum Gasteiger partial charge on any atom is 0.224 e. The van der Waals surface area contributed by atoms with Gasteiger partial charge in [-0.1, -0.05) is 6.07 Å². The molecule has 6 heteroatoms. The van der Waals surface area contributed by atoms with Crippen molar-refractivity contribution in [3.8, 4) is 23.0 Å². The minimum atomic E-state index is -0.0966. The molecule has 0 spiro atoms. The lowest BCUT2D eigenvalue weighted by Crippen LogP contribution is -2.25. The topological polar surface area (TPSA) is 66.0 Å². The first-order valence-electron chi connectivity index (χ1n) is 9.46. The number of hydrogen-bond donors (Lipinski definition) is 1. The fourth-order valence-electron chi connectivity index (χ4n) is 3.34. The average molecular weight is 385 g/mol. The van der Waals surface area contributed by atoms with Gasteiger partial charge in [0.05, 0.1) is 27.2 Å². The maximum absolute atomic E-state index is 12.5. The Hall–Kier alpha value is -2.89. The van der Waals surface area contributed by atoms with Crippen LogP contribution in [0.25, 0.3) is 0 Å². The highest BCUT2D eigenvalue weighted by Gasteiger charge is 2.22. The molecule has 1 heterocycles. The average Bonchev–Trinajstić information content (AvgIpc) is 3.05. The first-order chi connectivity index (χ1) is 13.5. The number of fused-ring (bicyclic) bond motifs is 1. The van der Waals surface area contributed by atoms with E-state index in [2.05, 4.69) is 5.32 Å². The Kier molecular flexibility index (Phi) is 6.29. The summed E-state index contributed by atoms with van der Waals surface area (Å²) < 4.78 is 22.2. The summed E-state index contributed by atoms with van der Waals surface area (Å²) in [4.78, 5) is 12.5. The highest BCUT2D eigenvalue weighted by atomic mass is 16.5. The van der Waals surface area contributed by atoms with Crippen molar-refractivity contribution in [3.05, 3.63) is 47.0 Å². The summed E-state index contributed by atoms with van der Waals surface area (Å²) in [5, 5.41) is 2.97. The van der Waals surface area contributed by atoms with Crippen LogP contribution in [0, 0.1) is 0 Å². The zero-order chi connectivity index (χ0) is 20.1. The second kappa shape index (κ2) is 8.87. The molecule has 1 atom stereocenters. The Bertz CT molecular complexity index is 849. The second-order valence-corrected chi connectivity index (χ2v) is 6.76. The summed E-state index contributed by atoms with van der Waals surface area (Å²) in [5.74, 6) is 2.89.